The Balaban J connectivity index is 1.21. The predicted molar refractivity (Wildman–Crippen MR) is 215 cm³/mol. The number of amides is 4. The van der Waals surface area contributed by atoms with Crippen molar-refractivity contribution < 1.29 is 46.5 Å². The van der Waals surface area contributed by atoms with Crippen molar-refractivity contribution in [3.63, 3.8) is 0 Å². The molecule has 0 spiro atoms. The highest BCUT2D eigenvalue weighted by molar-refractivity contribution is 7.91. The van der Waals surface area contributed by atoms with Gasteiger partial charge in [-0.1, -0.05) is 25.0 Å². The van der Waals surface area contributed by atoms with Crippen LogP contribution in [0, 0.1) is 18.3 Å². The number of ether oxygens (including phenoxy) is 4. The highest BCUT2D eigenvalue weighted by atomic mass is 32.2. The second-order valence-corrected chi connectivity index (χ2v) is 19.4. The zero-order valence-corrected chi connectivity index (χ0v) is 35.2. The van der Waals surface area contributed by atoms with Crippen LogP contribution in [0.2, 0.25) is 0 Å². The molecule has 3 aliphatic heterocycles. The standard InChI is InChI=1S/C42H57N5O10S/c1-25(2)56-36-19-35(30-14-15-34(55-6)26(3)37(30)44-36)57-28-18-32-33(48)21-42(39(50)45-58(52,53)41(4)16-17-41)20-27(42)12-10-8-7-9-11-13-31(38(49)47(32)24-28)43-40(51)46-22-29(23-46)54-5/h10,12,14-15,19,25,27-29,31-32H,7-9,11,13,16-18,20-24H2,1-6H3,(H,43,51)(H,45,50)/b12-10-/t27-,28-,31+,32+,42-/m1/s1. The molecule has 316 valence electrons. The number of hydrogen-bond donors (Lipinski definition) is 2. The van der Waals surface area contributed by atoms with E-state index in [0.717, 1.165) is 24.8 Å². The molecular formula is C42H57N5O10S. The second-order valence-electron chi connectivity index (χ2n) is 17.2. The molecule has 2 aromatic rings. The largest absolute Gasteiger partial charge is 0.496 e. The first kappa shape index (κ1) is 41.7. The number of carbonyl (C=O) groups is 4. The second kappa shape index (κ2) is 16.3. The summed E-state index contributed by atoms with van der Waals surface area (Å²) in [6, 6.07) is 3.09. The lowest BCUT2D eigenvalue weighted by molar-refractivity contribution is -0.140. The van der Waals surface area contributed by atoms with Gasteiger partial charge in [0.15, 0.2) is 5.78 Å². The van der Waals surface area contributed by atoms with Crippen LogP contribution in [0.25, 0.3) is 10.9 Å². The number of rotatable bonds is 10. The van der Waals surface area contributed by atoms with Crippen LogP contribution in [0.5, 0.6) is 17.4 Å². The van der Waals surface area contributed by atoms with Gasteiger partial charge in [0.25, 0.3) is 0 Å². The Hall–Kier alpha value is -4.44. The summed E-state index contributed by atoms with van der Waals surface area (Å²) in [7, 11) is -0.780. The third-order valence-corrected chi connectivity index (χ3v) is 14.8. The number of aryl methyl sites for hydroxylation is 1. The van der Waals surface area contributed by atoms with Crippen LogP contribution in [0.1, 0.15) is 90.5 Å². The molecule has 2 saturated heterocycles. The number of benzene rings is 1. The summed E-state index contributed by atoms with van der Waals surface area (Å²) < 4.78 is 51.5. The van der Waals surface area contributed by atoms with Gasteiger partial charge in [0, 0.05) is 37.0 Å². The zero-order chi connectivity index (χ0) is 41.6. The maximum absolute atomic E-state index is 14.8. The van der Waals surface area contributed by atoms with Gasteiger partial charge in [-0.3, -0.25) is 19.1 Å². The van der Waals surface area contributed by atoms with Crippen LogP contribution in [0.15, 0.2) is 30.4 Å². The molecule has 2 aliphatic carbocycles. The Morgan fingerprint density at radius 3 is 2.47 bits per heavy atom. The fraction of sp³-hybridized carbons (Fsp3) is 0.643. The normalized spacial score (nSPS) is 28.1. The molecule has 4 fully saturated rings. The molecule has 0 radical (unpaired) electrons. The van der Waals surface area contributed by atoms with E-state index in [0.29, 0.717) is 73.5 Å². The van der Waals surface area contributed by atoms with E-state index in [4.69, 9.17) is 23.9 Å². The molecule has 0 unspecified atom stereocenters. The van der Waals surface area contributed by atoms with Crippen LogP contribution >= 0.6 is 0 Å². The van der Waals surface area contributed by atoms with Crippen molar-refractivity contribution in [3.05, 3.63) is 35.9 Å². The molecule has 4 heterocycles. The minimum Gasteiger partial charge on any atom is -0.496 e. The number of Topliss-reactive ketones (excluding diaryl/α,β-unsaturated/α-hetero) is 1. The zero-order valence-electron chi connectivity index (χ0n) is 34.4. The number of hydrogen-bond acceptors (Lipinski definition) is 11. The first-order valence-electron chi connectivity index (χ1n) is 20.5. The summed E-state index contributed by atoms with van der Waals surface area (Å²) in [5.41, 5.74) is 0.132. The van der Waals surface area contributed by atoms with Crippen LogP contribution in [0.4, 0.5) is 4.79 Å². The molecule has 16 heteroatoms. The average Bonchev–Trinajstić information content (AvgIpc) is 4.03. The Morgan fingerprint density at radius 1 is 1.02 bits per heavy atom. The van der Waals surface area contributed by atoms with Gasteiger partial charge in [0.05, 0.1) is 60.7 Å². The highest BCUT2D eigenvalue weighted by Gasteiger charge is 2.62. The van der Waals surface area contributed by atoms with Crippen molar-refractivity contribution in [3.8, 4) is 17.4 Å². The van der Waals surface area contributed by atoms with E-state index in [-0.39, 0.29) is 49.3 Å². The number of allylic oxidation sites excluding steroid dienone is 2. The summed E-state index contributed by atoms with van der Waals surface area (Å²) in [5, 5.41) is 3.66. The maximum Gasteiger partial charge on any atom is 0.318 e. The molecule has 2 saturated carbocycles. The van der Waals surface area contributed by atoms with Gasteiger partial charge in [0.1, 0.15) is 23.6 Å². The smallest absolute Gasteiger partial charge is 0.318 e. The lowest BCUT2D eigenvalue weighted by Gasteiger charge is -2.39. The van der Waals surface area contributed by atoms with Crippen molar-refractivity contribution in [1.29, 1.82) is 0 Å². The van der Waals surface area contributed by atoms with E-state index in [2.05, 4.69) is 10.0 Å². The molecular weight excluding hydrogens is 767 g/mol. The van der Waals surface area contributed by atoms with Crippen LogP contribution in [-0.4, -0.2) is 116 Å². The van der Waals surface area contributed by atoms with E-state index >= 15 is 0 Å². The molecule has 4 amide bonds. The summed E-state index contributed by atoms with van der Waals surface area (Å²) >= 11 is 0. The number of sulfonamides is 1. The first-order valence-corrected chi connectivity index (χ1v) is 22.0. The quantitative estimate of drug-likeness (QED) is 0.320. The van der Waals surface area contributed by atoms with Crippen LogP contribution in [0.3, 0.4) is 0 Å². The van der Waals surface area contributed by atoms with Gasteiger partial charge < -0.3 is 34.1 Å². The van der Waals surface area contributed by atoms with Crippen molar-refractivity contribution in [2.24, 2.45) is 11.3 Å². The fourth-order valence-corrected chi connectivity index (χ4v) is 9.77. The minimum absolute atomic E-state index is 0.0334. The first-order chi connectivity index (χ1) is 27.6. The molecule has 7 rings (SSSR count). The highest BCUT2D eigenvalue weighted by Crippen LogP contribution is 2.57. The maximum atomic E-state index is 14.8. The summed E-state index contributed by atoms with van der Waals surface area (Å²) in [5.74, 6) is -0.347. The lowest BCUT2D eigenvalue weighted by Crippen LogP contribution is -2.61. The molecule has 1 aromatic carbocycles. The summed E-state index contributed by atoms with van der Waals surface area (Å²) in [4.78, 5) is 64.7. The van der Waals surface area contributed by atoms with E-state index in [1.54, 1.807) is 32.1 Å². The van der Waals surface area contributed by atoms with Crippen molar-refractivity contribution >= 4 is 44.6 Å². The van der Waals surface area contributed by atoms with Gasteiger partial charge in [0.2, 0.25) is 27.7 Å². The van der Waals surface area contributed by atoms with Gasteiger partial charge in [-0.05, 0) is 84.3 Å². The monoisotopic (exact) mass is 823 g/mol. The minimum atomic E-state index is -3.96. The number of fused-ring (bicyclic) bond motifs is 3. The Morgan fingerprint density at radius 2 is 1.78 bits per heavy atom. The fourth-order valence-electron chi connectivity index (χ4n) is 8.44. The van der Waals surface area contributed by atoms with Gasteiger partial charge in [-0.2, -0.15) is 0 Å². The van der Waals surface area contributed by atoms with E-state index in [1.807, 2.05) is 45.1 Å². The van der Waals surface area contributed by atoms with E-state index in [9.17, 15) is 27.6 Å². The molecule has 58 heavy (non-hydrogen) atoms. The van der Waals surface area contributed by atoms with Crippen LogP contribution < -0.4 is 24.2 Å². The molecule has 5 aliphatic rings. The van der Waals surface area contributed by atoms with Gasteiger partial charge >= 0.3 is 6.03 Å². The average molecular weight is 824 g/mol. The van der Waals surface area contributed by atoms with Gasteiger partial charge in [-0.15, -0.1) is 0 Å². The van der Waals surface area contributed by atoms with E-state index in [1.165, 1.54) is 4.90 Å². The number of aromatic nitrogens is 1. The predicted octanol–water partition coefficient (Wildman–Crippen LogP) is 4.58. The number of nitrogens with one attached hydrogen (secondary N) is 2. The Bertz CT molecular complexity index is 2080. The van der Waals surface area contributed by atoms with E-state index < -0.39 is 50.2 Å². The lowest BCUT2D eigenvalue weighted by atomic mass is 9.91. The summed E-state index contributed by atoms with van der Waals surface area (Å²) in [6.07, 6.45) is 7.48. The van der Waals surface area contributed by atoms with Gasteiger partial charge in [-0.25, -0.2) is 18.2 Å². The summed E-state index contributed by atoms with van der Waals surface area (Å²) in [6.45, 7) is 8.15. The third-order valence-electron chi connectivity index (χ3n) is 12.6. The number of carbonyl (C=O) groups excluding carboxylic acids is 4. The Labute approximate surface area is 340 Å². The molecule has 0 bridgehead atoms. The topological polar surface area (TPSA) is 183 Å². The number of nitrogens with zero attached hydrogens (tertiary/aromatic N) is 3. The Kier molecular flexibility index (Phi) is 11.7. The molecule has 2 N–H and O–H groups in total. The molecule has 15 nitrogen and oxygen atoms in total. The van der Waals surface area contributed by atoms with Crippen molar-refractivity contribution in [2.45, 2.75) is 127 Å². The molecule has 5 atom stereocenters. The van der Waals surface area contributed by atoms with Crippen LogP contribution in [-0.2, 0) is 29.1 Å². The number of methoxy groups -OCH3 is 2. The van der Waals surface area contributed by atoms with Crippen molar-refractivity contribution in [2.75, 3.05) is 33.9 Å². The third kappa shape index (κ3) is 8.36. The number of urea groups is 1. The number of likely N-dealkylation sites (tertiary alicyclic amines) is 1. The SMILES string of the molecule is COc1ccc2c(O[C@@H]3C[C@H]4C(=O)C[C@]5(C(=O)NS(=O)(=O)C6(C)CC6)C[C@H]5/C=C\CCCCC[C@H](NC(=O)N5CC(OC)C5)C(=O)N4C3)cc(OC(C)C)nc2c1C. The van der Waals surface area contributed by atoms with Crippen molar-refractivity contribution in [1.82, 2.24) is 24.8 Å². The number of pyridine rings is 1. The molecule has 1 aromatic heterocycles. The number of ketones is 1.